The molecule has 2 aromatic rings. The smallest absolute Gasteiger partial charge is 0.355 e. The molecule has 172 valence electrons. The van der Waals surface area contributed by atoms with Crippen LogP contribution in [0.25, 0.3) is 0 Å². The van der Waals surface area contributed by atoms with Crippen LogP contribution in [0.4, 0.5) is 5.69 Å². The van der Waals surface area contributed by atoms with Gasteiger partial charge < -0.3 is 19.9 Å². The fraction of sp³-hybridized carbons (Fsp3) is 0.167. The fourth-order valence-corrected chi connectivity index (χ4v) is 4.08. The molecule has 1 aliphatic rings. The molecule has 0 saturated carbocycles. The molecule has 0 amide bonds. The predicted octanol–water partition coefficient (Wildman–Crippen LogP) is 3.12. The van der Waals surface area contributed by atoms with E-state index in [0.29, 0.717) is 5.56 Å². The second-order valence-electron chi connectivity index (χ2n) is 6.93. The van der Waals surface area contributed by atoms with Gasteiger partial charge in [-0.05, 0) is 17.7 Å². The Hall–Kier alpha value is -4.47. The molecule has 2 aromatic carbocycles. The number of benzene rings is 2. The van der Waals surface area contributed by atoms with Crippen LogP contribution in [0.2, 0.25) is 5.02 Å². The summed E-state index contributed by atoms with van der Waals surface area (Å²) in [7, 11) is 3.64. The largest absolute Gasteiger partial charge is 0.495 e. The second-order valence-corrected chi connectivity index (χ2v) is 7.30. The Balaban J connectivity index is 2.53. The molecule has 2 N–H and O–H groups in total. The minimum atomic E-state index is -1.04. The molecular weight excluding hydrogens is 460 g/mol. The minimum Gasteiger partial charge on any atom is -0.495 e. The molecule has 34 heavy (non-hydrogen) atoms. The van der Waals surface area contributed by atoms with Crippen LogP contribution in [0, 0.1) is 22.7 Å². The topological polar surface area (TPSA) is 139 Å². The standard InChI is InChI=1S/C24H19ClN4O5/c1-32-16-10-9-14(11-26)20(19(16)25)29-21(24(31)34-3)18(23(30)33-2)17(15(12-27)22(29)28)13-7-5-4-6-8-13/h4-10,17H,28H2,1-3H3. The molecule has 0 saturated heterocycles. The van der Waals surface area contributed by atoms with Crippen molar-refractivity contribution in [3.63, 3.8) is 0 Å². The first-order chi connectivity index (χ1) is 16.4. The quantitative estimate of drug-likeness (QED) is 0.642. The SMILES string of the molecule is COC(=O)C1=C(C(=O)OC)N(c2c(C#N)ccc(OC)c2Cl)C(N)=C(C#N)C1c1ccccc1. The Morgan fingerprint density at radius 3 is 2.18 bits per heavy atom. The average Bonchev–Trinajstić information content (AvgIpc) is 2.87. The van der Waals surface area contributed by atoms with E-state index in [1.54, 1.807) is 30.3 Å². The number of nitrogens with two attached hydrogens (primary N) is 1. The van der Waals surface area contributed by atoms with E-state index in [1.165, 1.54) is 19.2 Å². The molecule has 0 spiro atoms. The summed E-state index contributed by atoms with van der Waals surface area (Å²) in [5, 5.41) is 19.8. The normalized spacial score (nSPS) is 15.4. The third kappa shape index (κ3) is 3.90. The number of nitrogens with zero attached hydrogens (tertiary/aromatic N) is 3. The maximum Gasteiger partial charge on any atom is 0.355 e. The van der Waals surface area contributed by atoms with Gasteiger partial charge in [-0.2, -0.15) is 10.5 Å². The Morgan fingerprint density at radius 2 is 1.65 bits per heavy atom. The highest BCUT2D eigenvalue weighted by Gasteiger charge is 2.44. The molecule has 3 rings (SSSR count). The van der Waals surface area contributed by atoms with E-state index in [2.05, 4.69) is 0 Å². The summed E-state index contributed by atoms with van der Waals surface area (Å²) in [5.41, 5.74) is 6.32. The predicted molar refractivity (Wildman–Crippen MR) is 122 cm³/mol. The zero-order chi connectivity index (χ0) is 25.0. The van der Waals surface area contributed by atoms with Crippen LogP contribution in [0.3, 0.4) is 0 Å². The molecule has 9 nitrogen and oxygen atoms in total. The molecule has 0 aromatic heterocycles. The van der Waals surface area contributed by atoms with Gasteiger partial charge in [-0.15, -0.1) is 0 Å². The van der Waals surface area contributed by atoms with Crippen LogP contribution in [-0.4, -0.2) is 33.3 Å². The number of halogens is 1. The molecule has 1 aliphatic heterocycles. The first-order valence-corrected chi connectivity index (χ1v) is 10.2. The number of methoxy groups -OCH3 is 3. The van der Waals surface area contributed by atoms with Gasteiger partial charge in [-0.1, -0.05) is 41.9 Å². The first-order valence-electron chi connectivity index (χ1n) is 9.78. The Labute approximate surface area is 200 Å². The third-order valence-corrected chi connectivity index (χ3v) is 5.62. The number of carbonyl (C=O) groups excluding carboxylic acids is 2. The summed E-state index contributed by atoms with van der Waals surface area (Å²) >= 11 is 6.54. The van der Waals surface area contributed by atoms with Gasteiger partial charge in [0.25, 0.3) is 0 Å². The molecule has 0 radical (unpaired) electrons. The summed E-state index contributed by atoms with van der Waals surface area (Å²) in [5.74, 6) is -2.92. The number of hydrogen-bond acceptors (Lipinski definition) is 9. The lowest BCUT2D eigenvalue weighted by molar-refractivity contribution is -0.139. The van der Waals surface area contributed by atoms with Gasteiger partial charge in [0.15, 0.2) is 0 Å². The third-order valence-electron chi connectivity index (χ3n) is 5.26. The van der Waals surface area contributed by atoms with Gasteiger partial charge in [-0.25, -0.2) is 9.59 Å². The summed E-state index contributed by atoms with van der Waals surface area (Å²) in [6.45, 7) is 0. The molecule has 10 heteroatoms. The van der Waals surface area contributed by atoms with E-state index in [9.17, 15) is 20.1 Å². The highest BCUT2D eigenvalue weighted by atomic mass is 35.5. The molecule has 1 unspecified atom stereocenters. The molecule has 0 bridgehead atoms. The highest BCUT2D eigenvalue weighted by Crippen LogP contribution is 2.47. The van der Waals surface area contributed by atoms with Crippen molar-refractivity contribution in [3.05, 3.63) is 81.3 Å². The lowest BCUT2D eigenvalue weighted by Gasteiger charge is -2.36. The average molecular weight is 479 g/mol. The molecule has 1 heterocycles. The van der Waals surface area contributed by atoms with Crippen molar-refractivity contribution in [1.29, 1.82) is 10.5 Å². The number of allylic oxidation sites excluding steroid dienone is 1. The van der Waals surface area contributed by atoms with E-state index in [1.807, 2.05) is 12.1 Å². The van der Waals surface area contributed by atoms with Crippen LogP contribution in [-0.2, 0) is 19.1 Å². The van der Waals surface area contributed by atoms with Crippen molar-refractivity contribution >= 4 is 29.2 Å². The zero-order valence-corrected chi connectivity index (χ0v) is 19.2. The molecular formula is C24H19ClN4O5. The van der Waals surface area contributed by atoms with Crippen molar-refractivity contribution in [1.82, 2.24) is 0 Å². The summed E-state index contributed by atoms with van der Waals surface area (Å²) in [4.78, 5) is 27.3. The minimum absolute atomic E-state index is 0.00909. The lowest BCUT2D eigenvalue weighted by Crippen LogP contribution is -2.41. The molecule has 1 atom stereocenters. The number of anilines is 1. The van der Waals surface area contributed by atoms with E-state index >= 15 is 0 Å². The van der Waals surface area contributed by atoms with E-state index < -0.39 is 17.9 Å². The number of carbonyl (C=O) groups is 2. The summed E-state index contributed by atoms with van der Waals surface area (Å²) in [6.07, 6.45) is 0. The van der Waals surface area contributed by atoms with Gasteiger partial charge in [-0.3, -0.25) is 4.90 Å². The first kappa shape index (κ1) is 24.2. The van der Waals surface area contributed by atoms with Crippen LogP contribution < -0.4 is 15.4 Å². The van der Waals surface area contributed by atoms with Gasteiger partial charge in [0, 0.05) is 0 Å². The van der Waals surface area contributed by atoms with Crippen LogP contribution in [0.15, 0.2) is 65.1 Å². The van der Waals surface area contributed by atoms with Crippen molar-refractivity contribution in [2.45, 2.75) is 5.92 Å². The van der Waals surface area contributed by atoms with Crippen molar-refractivity contribution in [2.75, 3.05) is 26.2 Å². The van der Waals surface area contributed by atoms with Gasteiger partial charge in [0.1, 0.15) is 28.4 Å². The van der Waals surface area contributed by atoms with Crippen molar-refractivity contribution < 1.29 is 23.8 Å². The van der Waals surface area contributed by atoms with Crippen molar-refractivity contribution in [3.8, 4) is 17.9 Å². The second kappa shape index (κ2) is 9.99. The Bertz CT molecular complexity index is 1310. The number of ether oxygens (including phenoxy) is 3. The Kier molecular flexibility index (Phi) is 7.10. The Morgan fingerprint density at radius 1 is 1.00 bits per heavy atom. The number of hydrogen-bond donors (Lipinski definition) is 1. The van der Waals surface area contributed by atoms with Gasteiger partial charge in [0.05, 0.1) is 55.7 Å². The lowest BCUT2D eigenvalue weighted by atomic mass is 9.80. The van der Waals surface area contributed by atoms with Gasteiger partial charge in [0.2, 0.25) is 0 Å². The number of esters is 2. The number of rotatable bonds is 5. The van der Waals surface area contributed by atoms with E-state index in [4.69, 9.17) is 31.5 Å². The zero-order valence-electron chi connectivity index (χ0n) is 18.5. The van der Waals surface area contributed by atoms with Crippen LogP contribution in [0.1, 0.15) is 17.0 Å². The summed E-state index contributed by atoms with van der Waals surface area (Å²) < 4.78 is 15.2. The molecule has 0 fully saturated rings. The van der Waals surface area contributed by atoms with Crippen LogP contribution in [0.5, 0.6) is 5.75 Å². The van der Waals surface area contributed by atoms with Crippen LogP contribution >= 0.6 is 11.6 Å². The van der Waals surface area contributed by atoms with E-state index in [-0.39, 0.29) is 44.7 Å². The maximum atomic E-state index is 13.1. The monoisotopic (exact) mass is 478 g/mol. The highest BCUT2D eigenvalue weighted by molar-refractivity contribution is 6.35. The fourth-order valence-electron chi connectivity index (χ4n) is 3.76. The van der Waals surface area contributed by atoms with E-state index in [0.717, 1.165) is 19.1 Å². The van der Waals surface area contributed by atoms with Crippen molar-refractivity contribution in [2.24, 2.45) is 5.73 Å². The summed E-state index contributed by atoms with van der Waals surface area (Å²) in [6, 6.07) is 15.5. The maximum absolute atomic E-state index is 13.1. The number of nitriles is 2. The molecule has 0 aliphatic carbocycles. The van der Waals surface area contributed by atoms with Gasteiger partial charge >= 0.3 is 11.9 Å².